The second kappa shape index (κ2) is 9.46. The highest BCUT2D eigenvalue weighted by atomic mass is 16.3. The van der Waals surface area contributed by atoms with Crippen molar-refractivity contribution in [3.63, 3.8) is 0 Å². The molecular weight excluding hydrogens is 276 g/mol. The van der Waals surface area contributed by atoms with E-state index in [4.69, 9.17) is 5.11 Å². The Balaban J connectivity index is 2.65. The summed E-state index contributed by atoms with van der Waals surface area (Å²) in [5, 5.41) is 14.8. The van der Waals surface area contributed by atoms with Crippen molar-refractivity contribution in [3.05, 3.63) is 35.4 Å². The van der Waals surface area contributed by atoms with Crippen LogP contribution in [0.2, 0.25) is 0 Å². The molecule has 1 rings (SSSR count). The van der Waals surface area contributed by atoms with Gasteiger partial charge in [0.2, 0.25) is 0 Å². The lowest BCUT2D eigenvalue weighted by atomic mass is 9.95. The molecule has 0 fully saturated rings. The van der Waals surface area contributed by atoms with E-state index in [0.717, 1.165) is 18.4 Å². The first-order valence-corrected chi connectivity index (χ1v) is 8.24. The zero-order valence-corrected chi connectivity index (χ0v) is 14.2. The van der Waals surface area contributed by atoms with Gasteiger partial charge in [-0.25, -0.2) is 4.79 Å². The Bertz CT molecular complexity index is 443. The van der Waals surface area contributed by atoms with Crippen LogP contribution in [-0.4, -0.2) is 23.8 Å². The molecule has 0 saturated carbocycles. The Morgan fingerprint density at radius 1 is 1.14 bits per heavy atom. The van der Waals surface area contributed by atoms with E-state index in [1.807, 2.05) is 6.92 Å². The summed E-state index contributed by atoms with van der Waals surface area (Å²) in [4.78, 5) is 12.1. The van der Waals surface area contributed by atoms with Crippen LogP contribution in [0.15, 0.2) is 24.3 Å². The highest BCUT2D eigenvalue weighted by molar-refractivity contribution is 5.74. The van der Waals surface area contributed by atoms with Crippen LogP contribution < -0.4 is 10.6 Å². The normalized spacial score (nSPS) is 13.7. The van der Waals surface area contributed by atoms with Crippen molar-refractivity contribution in [2.24, 2.45) is 5.92 Å². The molecular formula is C18H30N2O2. The zero-order chi connectivity index (χ0) is 16.5. The van der Waals surface area contributed by atoms with Crippen molar-refractivity contribution in [2.45, 2.75) is 59.0 Å². The van der Waals surface area contributed by atoms with E-state index in [-0.39, 0.29) is 24.7 Å². The van der Waals surface area contributed by atoms with Gasteiger partial charge < -0.3 is 15.7 Å². The first kappa shape index (κ1) is 18.5. The molecule has 4 nitrogen and oxygen atoms in total. The molecule has 124 valence electrons. The van der Waals surface area contributed by atoms with Gasteiger partial charge >= 0.3 is 6.03 Å². The Labute approximate surface area is 134 Å². The summed E-state index contributed by atoms with van der Waals surface area (Å²) in [6.07, 6.45) is 2.50. The molecule has 0 heterocycles. The van der Waals surface area contributed by atoms with Crippen molar-refractivity contribution >= 4 is 6.03 Å². The van der Waals surface area contributed by atoms with Crippen molar-refractivity contribution in [1.82, 2.24) is 10.6 Å². The Morgan fingerprint density at radius 2 is 1.77 bits per heavy atom. The predicted molar refractivity (Wildman–Crippen MR) is 90.8 cm³/mol. The van der Waals surface area contributed by atoms with Crippen molar-refractivity contribution in [3.8, 4) is 0 Å². The molecule has 0 aliphatic heterocycles. The maximum Gasteiger partial charge on any atom is 0.315 e. The molecule has 0 bridgehead atoms. The van der Waals surface area contributed by atoms with E-state index in [9.17, 15) is 4.79 Å². The second-order valence-electron chi connectivity index (χ2n) is 6.20. The summed E-state index contributed by atoms with van der Waals surface area (Å²) in [7, 11) is 0. The molecule has 0 spiro atoms. The van der Waals surface area contributed by atoms with E-state index in [1.165, 1.54) is 5.56 Å². The van der Waals surface area contributed by atoms with Gasteiger partial charge in [-0.1, -0.05) is 45.0 Å². The van der Waals surface area contributed by atoms with Crippen LogP contribution >= 0.6 is 0 Å². The van der Waals surface area contributed by atoms with Crippen molar-refractivity contribution in [1.29, 1.82) is 0 Å². The second-order valence-corrected chi connectivity index (χ2v) is 6.20. The highest BCUT2D eigenvalue weighted by Gasteiger charge is 2.19. The van der Waals surface area contributed by atoms with E-state index >= 15 is 0 Å². The predicted octanol–water partition coefficient (Wildman–Crippen LogP) is 3.41. The highest BCUT2D eigenvalue weighted by Crippen LogP contribution is 2.22. The lowest BCUT2D eigenvalue weighted by Gasteiger charge is -2.24. The number of urea groups is 1. The number of amides is 2. The fourth-order valence-electron chi connectivity index (χ4n) is 2.47. The molecule has 0 aliphatic rings. The lowest BCUT2D eigenvalue weighted by Crippen LogP contribution is -2.43. The van der Waals surface area contributed by atoms with Gasteiger partial charge in [-0.15, -0.1) is 0 Å². The molecule has 0 aromatic heterocycles. The van der Waals surface area contributed by atoms with Crippen molar-refractivity contribution in [2.75, 3.05) is 6.61 Å². The number of nitrogens with one attached hydrogen (secondary N) is 2. The number of hydrogen-bond donors (Lipinski definition) is 3. The molecule has 2 unspecified atom stereocenters. The van der Waals surface area contributed by atoms with Crippen LogP contribution in [0.3, 0.4) is 0 Å². The lowest BCUT2D eigenvalue weighted by molar-refractivity contribution is 0.227. The number of aryl methyl sites for hydroxylation is 1. The summed E-state index contributed by atoms with van der Waals surface area (Å²) < 4.78 is 0. The minimum Gasteiger partial charge on any atom is -0.396 e. The van der Waals surface area contributed by atoms with Crippen LogP contribution in [0.4, 0.5) is 4.79 Å². The zero-order valence-electron chi connectivity index (χ0n) is 14.2. The van der Waals surface area contributed by atoms with E-state index < -0.39 is 0 Å². The van der Waals surface area contributed by atoms with Crippen LogP contribution in [0.5, 0.6) is 0 Å². The van der Waals surface area contributed by atoms with Crippen molar-refractivity contribution < 1.29 is 9.90 Å². The maximum absolute atomic E-state index is 12.1. The van der Waals surface area contributed by atoms with Gasteiger partial charge in [0.05, 0.1) is 6.04 Å². The van der Waals surface area contributed by atoms with Gasteiger partial charge in [0, 0.05) is 12.6 Å². The number of benzene rings is 1. The summed E-state index contributed by atoms with van der Waals surface area (Å²) in [5.74, 6) is 0.311. The Hall–Kier alpha value is -1.55. The standard InChI is InChI=1S/C18H30N2O2/c1-5-15-8-10-16(11-9-15)17(13(2)3)20-18(22)19-14(4)7-6-12-21/h8-11,13-14,17,21H,5-7,12H2,1-4H3,(H2,19,20,22). The van der Waals surface area contributed by atoms with E-state index in [2.05, 4.69) is 55.7 Å². The summed E-state index contributed by atoms with van der Waals surface area (Å²) in [6.45, 7) is 8.46. The SMILES string of the molecule is CCc1ccc(C(NC(=O)NC(C)CCCO)C(C)C)cc1. The molecule has 2 atom stereocenters. The third-order valence-corrected chi connectivity index (χ3v) is 3.87. The molecule has 2 amide bonds. The van der Waals surface area contributed by atoms with Gasteiger partial charge in [0.15, 0.2) is 0 Å². The van der Waals surface area contributed by atoms with Crippen LogP contribution in [0.25, 0.3) is 0 Å². The number of aliphatic hydroxyl groups is 1. The number of carbonyl (C=O) groups is 1. The van der Waals surface area contributed by atoms with E-state index in [0.29, 0.717) is 12.3 Å². The first-order valence-electron chi connectivity index (χ1n) is 8.24. The fourth-order valence-corrected chi connectivity index (χ4v) is 2.47. The molecule has 1 aromatic carbocycles. The van der Waals surface area contributed by atoms with Crippen LogP contribution in [0.1, 0.15) is 57.7 Å². The molecule has 22 heavy (non-hydrogen) atoms. The van der Waals surface area contributed by atoms with Gasteiger partial charge in [-0.3, -0.25) is 0 Å². The summed E-state index contributed by atoms with van der Waals surface area (Å²) in [6, 6.07) is 8.34. The van der Waals surface area contributed by atoms with Gasteiger partial charge in [-0.2, -0.15) is 0 Å². The molecule has 1 aromatic rings. The molecule has 4 heteroatoms. The summed E-state index contributed by atoms with van der Waals surface area (Å²) >= 11 is 0. The average Bonchev–Trinajstić information content (AvgIpc) is 2.50. The van der Waals surface area contributed by atoms with Gasteiger partial charge in [0.1, 0.15) is 0 Å². The number of aliphatic hydroxyl groups excluding tert-OH is 1. The smallest absolute Gasteiger partial charge is 0.315 e. The first-order chi connectivity index (χ1) is 10.5. The Morgan fingerprint density at radius 3 is 2.27 bits per heavy atom. The largest absolute Gasteiger partial charge is 0.396 e. The maximum atomic E-state index is 12.1. The minimum absolute atomic E-state index is 0.00375. The topological polar surface area (TPSA) is 61.4 Å². The Kier molecular flexibility index (Phi) is 7.96. The van der Waals surface area contributed by atoms with Crippen LogP contribution in [0, 0.1) is 5.92 Å². The van der Waals surface area contributed by atoms with Gasteiger partial charge in [0.25, 0.3) is 0 Å². The van der Waals surface area contributed by atoms with Gasteiger partial charge in [-0.05, 0) is 43.2 Å². The third-order valence-electron chi connectivity index (χ3n) is 3.87. The average molecular weight is 306 g/mol. The molecule has 0 radical (unpaired) electrons. The number of carbonyl (C=O) groups excluding carboxylic acids is 1. The monoisotopic (exact) mass is 306 g/mol. The molecule has 0 saturated heterocycles. The van der Waals surface area contributed by atoms with E-state index in [1.54, 1.807) is 0 Å². The summed E-state index contributed by atoms with van der Waals surface area (Å²) in [5.41, 5.74) is 2.43. The number of hydrogen-bond acceptors (Lipinski definition) is 2. The quantitative estimate of drug-likeness (QED) is 0.689. The molecule has 3 N–H and O–H groups in total. The number of rotatable bonds is 8. The fraction of sp³-hybridized carbons (Fsp3) is 0.611. The van der Waals surface area contributed by atoms with Crippen LogP contribution in [-0.2, 0) is 6.42 Å². The minimum atomic E-state index is -0.149. The molecule has 0 aliphatic carbocycles. The third kappa shape index (κ3) is 6.06.